The molecule has 2 aliphatic rings. The number of ether oxygens (including phenoxy) is 2. The van der Waals surface area contributed by atoms with Gasteiger partial charge in [-0.15, -0.1) is 0 Å². The van der Waals surface area contributed by atoms with Crippen LogP contribution in [0.25, 0.3) is 0 Å². The number of nitrogens with zero attached hydrogens (tertiary/aromatic N) is 4. The van der Waals surface area contributed by atoms with Crippen molar-refractivity contribution in [1.29, 1.82) is 0 Å². The van der Waals surface area contributed by atoms with Gasteiger partial charge in [0.1, 0.15) is 17.4 Å². The Kier molecular flexibility index (Phi) is 7.09. The summed E-state index contributed by atoms with van der Waals surface area (Å²) in [7, 11) is 1.66. The minimum Gasteiger partial charge on any atom is -0.497 e. The minimum atomic E-state index is -0.102. The predicted octanol–water partition coefficient (Wildman–Crippen LogP) is 4.42. The van der Waals surface area contributed by atoms with Gasteiger partial charge in [-0.2, -0.15) is 0 Å². The van der Waals surface area contributed by atoms with Gasteiger partial charge in [0.15, 0.2) is 0 Å². The van der Waals surface area contributed by atoms with Crippen molar-refractivity contribution < 1.29 is 14.3 Å². The van der Waals surface area contributed by atoms with Gasteiger partial charge < -0.3 is 19.3 Å². The monoisotopic (exact) mass is 512 g/mol. The predicted molar refractivity (Wildman–Crippen MR) is 136 cm³/mol. The number of hydrogen-bond donors (Lipinski definition) is 0. The molecule has 0 bridgehead atoms. The molecule has 0 saturated carbocycles. The molecule has 1 aromatic heterocycles. The SMILES string of the molecule is COc1ccc(Cc2nc3c(c(N4CCOCC4)n2)CN(C(=O)c2cc(Cl)cc(Cl)c2)CC3)cc1. The van der Waals surface area contributed by atoms with Crippen LogP contribution in [0, 0.1) is 0 Å². The number of aromatic nitrogens is 2. The molecule has 7 nitrogen and oxygen atoms in total. The molecule has 2 aliphatic heterocycles. The number of morpholine rings is 1. The quantitative estimate of drug-likeness (QED) is 0.504. The highest BCUT2D eigenvalue weighted by Crippen LogP contribution is 2.30. The highest BCUT2D eigenvalue weighted by Gasteiger charge is 2.29. The van der Waals surface area contributed by atoms with Gasteiger partial charge in [-0.05, 0) is 35.9 Å². The fourth-order valence-corrected chi connectivity index (χ4v) is 5.05. The zero-order chi connectivity index (χ0) is 24.4. The van der Waals surface area contributed by atoms with E-state index in [4.69, 9.17) is 42.6 Å². The van der Waals surface area contributed by atoms with E-state index in [2.05, 4.69) is 4.90 Å². The number of carbonyl (C=O) groups is 1. The largest absolute Gasteiger partial charge is 0.497 e. The van der Waals surface area contributed by atoms with E-state index < -0.39 is 0 Å². The number of amides is 1. The maximum atomic E-state index is 13.3. The molecule has 3 heterocycles. The fraction of sp³-hybridized carbons (Fsp3) is 0.346. The van der Waals surface area contributed by atoms with E-state index in [9.17, 15) is 4.79 Å². The number of fused-ring (bicyclic) bond motifs is 1. The van der Waals surface area contributed by atoms with Crippen molar-refractivity contribution in [3.8, 4) is 5.75 Å². The first-order chi connectivity index (χ1) is 17.0. The minimum absolute atomic E-state index is 0.102. The first-order valence-electron chi connectivity index (χ1n) is 11.6. The van der Waals surface area contributed by atoms with Crippen LogP contribution in [0.2, 0.25) is 10.0 Å². The molecule has 0 spiro atoms. The van der Waals surface area contributed by atoms with E-state index in [-0.39, 0.29) is 5.91 Å². The molecule has 35 heavy (non-hydrogen) atoms. The summed E-state index contributed by atoms with van der Waals surface area (Å²) in [6.07, 6.45) is 1.28. The Morgan fingerprint density at radius 2 is 1.74 bits per heavy atom. The van der Waals surface area contributed by atoms with E-state index in [1.807, 2.05) is 29.2 Å². The van der Waals surface area contributed by atoms with Crippen molar-refractivity contribution in [3.63, 3.8) is 0 Å². The Bertz CT molecular complexity index is 1210. The van der Waals surface area contributed by atoms with E-state index in [1.54, 1.807) is 25.3 Å². The third-order valence-corrected chi connectivity index (χ3v) is 6.75. The Morgan fingerprint density at radius 1 is 1.03 bits per heavy atom. The molecule has 9 heteroatoms. The van der Waals surface area contributed by atoms with Crippen molar-refractivity contribution in [2.45, 2.75) is 19.4 Å². The lowest BCUT2D eigenvalue weighted by molar-refractivity contribution is 0.0733. The number of carbonyl (C=O) groups excluding carboxylic acids is 1. The first-order valence-corrected chi connectivity index (χ1v) is 12.4. The third-order valence-electron chi connectivity index (χ3n) is 6.31. The summed E-state index contributed by atoms with van der Waals surface area (Å²) in [6, 6.07) is 12.9. The van der Waals surface area contributed by atoms with Gasteiger partial charge >= 0.3 is 0 Å². The average Bonchev–Trinajstić information content (AvgIpc) is 2.88. The fourth-order valence-electron chi connectivity index (χ4n) is 4.52. The number of benzene rings is 2. The highest BCUT2D eigenvalue weighted by molar-refractivity contribution is 6.35. The summed E-state index contributed by atoms with van der Waals surface area (Å²) in [5.41, 5.74) is 3.59. The van der Waals surface area contributed by atoms with Crippen LogP contribution in [0.15, 0.2) is 42.5 Å². The lowest BCUT2D eigenvalue weighted by Crippen LogP contribution is -2.41. The maximum absolute atomic E-state index is 13.3. The van der Waals surface area contributed by atoms with E-state index in [1.165, 1.54) is 0 Å². The topological polar surface area (TPSA) is 67.8 Å². The lowest BCUT2D eigenvalue weighted by Gasteiger charge is -2.34. The molecule has 0 radical (unpaired) electrons. The van der Waals surface area contributed by atoms with Crippen LogP contribution in [0.4, 0.5) is 5.82 Å². The molecule has 0 atom stereocenters. The molecule has 1 amide bonds. The van der Waals surface area contributed by atoms with Crippen molar-refractivity contribution in [2.24, 2.45) is 0 Å². The number of anilines is 1. The van der Waals surface area contributed by atoms with Crippen LogP contribution in [0.5, 0.6) is 5.75 Å². The molecule has 1 fully saturated rings. The molecular weight excluding hydrogens is 487 g/mol. The Labute approximate surface area is 214 Å². The second-order valence-corrected chi connectivity index (χ2v) is 9.52. The van der Waals surface area contributed by atoms with Gasteiger partial charge in [0.05, 0.1) is 32.6 Å². The molecule has 5 rings (SSSR count). The first kappa shape index (κ1) is 23.9. The summed E-state index contributed by atoms with van der Waals surface area (Å²) >= 11 is 12.3. The number of rotatable bonds is 5. The molecule has 2 aromatic carbocycles. The second-order valence-electron chi connectivity index (χ2n) is 8.65. The van der Waals surface area contributed by atoms with Gasteiger partial charge in [-0.3, -0.25) is 4.79 Å². The Balaban J connectivity index is 1.45. The molecule has 1 saturated heterocycles. The van der Waals surface area contributed by atoms with Gasteiger partial charge in [-0.25, -0.2) is 9.97 Å². The normalized spacial score (nSPS) is 15.6. The van der Waals surface area contributed by atoms with E-state index in [0.717, 1.165) is 47.3 Å². The van der Waals surface area contributed by atoms with Gasteiger partial charge in [-0.1, -0.05) is 35.3 Å². The number of hydrogen-bond acceptors (Lipinski definition) is 6. The Hall–Kier alpha value is -2.87. The van der Waals surface area contributed by atoms with Crippen LogP contribution in [-0.2, 0) is 24.1 Å². The zero-order valence-electron chi connectivity index (χ0n) is 19.5. The van der Waals surface area contributed by atoms with Crippen molar-refractivity contribution >= 4 is 34.9 Å². The number of methoxy groups -OCH3 is 1. The van der Waals surface area contributed by atoms with Crippen LogP contribution >= 0.6 is 23.2 Å². The molecule has 0 aliphatic carbocycles. The molecule has 0 N–H and O–H groups in total. The van der Waals surface area contributed by atoms with Crippen LogP contribution in [-0.4, -0.2) is 60.7 Å². The van der Waals surface area contributed by atoms with Gasteiger partial charge in [0.2, 0.25) is 0 Å². The van der Waals surface area contributed by atoms with Crippen LogP contribution < -0.4 is 9.64 Å². The summed E-state index contributed by atoms with van der Waals surface area (Å²) in [6.45, 7) is 3.81. The van der Waals surface area contributed by atoms with Crippen LogP contribution in [0.1, 0.15) is 33.0 Å². The van der Waals surface area contributed by atoms with E-state index in [0.29, 0.717) is 54.8 Å². The second kappa shape index (κ2) is 10.4. The van der Waals surface area contributed by atoms with Crippen molar-refractivity contribution in [2.75, 3.05) is 44.9 Å². The van der Waals surface area contributed by atoms with Gasteiger partial charge in [0, 0.05) is 53.6 Å². The summed E-state index contributed by atoms with van der Waals surface area (Å²) in [4.78, 5) is 27.3. The van der Waals surface area contributed by atoms with Gasteiger partial charge in [0.25, 0.3) is 5.91 Å². The van der Waals surface area contributed by atoms with E-state index >= 15 is 0 Å². The standard InChI is InChI=1S/C26H26Cl2N4O3/c1-34-21-4-2-17(3-5-21)12-24-29-23-6-7-32(26(33)18-13-19(27)15-20(28)14-18)16-22(23)25(30-24)31-8-10-35-11-9-31/h2-5,13-15H,6-12,16H2,1H3. The molecule has 3 aromatic rings. The lowest BCUT2D eigenvalue weighted by atomic mass is 10.0. The van der Waals surface area contributed by atoms with Crippen LogP contribution in [0.3, 0.4) is 0 Å². The summed E-state index contributed by atoms with van der Waals surface area (Å²) in [5.74, 6) is 2.38. The Morgan fingerprint density at radius 3 is 2.43 bits per heavy atom. The average molecular weight is 513 g/mol. The third kappa shape index (κ3) is 5.37. The summed E-state index contributed by atoms with van der Waals surface area (Å²) in [5, 5.41) is 0.887. The highest BCUT2D eigenvalue weighted by atomic mass is 35.5. The van der Waals surface area contributed by atoms with Crippen molar-refractivity contribution in [1.82, 2.24) is 14.9 Å². The number of halogens is 2. The molecular formula is C26H26Cl2N4O3. The maximum Gasteiger partial charge on any atom is 0.254 e. The molecule has 0 unspecified atom stereocenters. The zero-order valence-corrected chi connectivity index (χ0v) is 21.0. The molecule has 182 valence electrons. The summed E-state index contributed by atoms with van der Waals surface area (Å²) < 4.78 is 10.8. The smallest absolute Gasteiger partial charge is 0.254 e. The van der Waals surface area contributed by atoms with Crippen molar-refractivity contribution in [3.05, 3.63) is 80.7 Å².